The minimum absolute atomic E-state index is 0.0654. The van der Waals surface area contributed by atoms with Crippen molar-refractivity contribution in [3.05, 3.63) is 0 Å². The summed E-state index contributed by atoms with van der Waals surface area (Å²) in [4.78, 5) is 2.22. The molecule has 0 aromatic carbocycles. The molecule has 0 radical (unpaired) electrons. The second kappa shape index (κ2) is 4.23. The summed E-state index contributed by atoms with van der Waals surface area (Å²) in [5, 5.41) is 0. The number of hydrogen-bond acceptors (Lipinski definition) is 2. The molecule has 0 aromatic heterocycles. The molecule has 0 aliphatic heterocycles. The Kier molecular flexibility index (Phi) is 4.29. The lowest BCUT2D eigenvalue weighted by Crippen LogP contribution is -2.35. The van der Waals surface area contributed by atoms with E-state index in [2.05, 4.69) is 39.8 Å². The van der Waals surface area contributed by atoms with Crippen LogP contribution in [0.25, 0.3) is 0 Å². The molecule has 1 atom stereocenters. The van der Waals surface area contributed by atoms with E-state index in [0.29, 0.717) is 6.04 Å². The molecule has 0 saturated carbocycles. The van der Waals surface area contributed by atoms with Gasteiger partial charge in [-0.05, 0) is 41.3 Å². The van der Waals surface area contributed by atoms with Gasteiger partial charge in [-0.15, -0.1) is 0 Å². The molecule has 2 nitrogen and oxygen atoms in total. The van der Waals surface area contributed by atoms with E-state index >= 15 is 0 Å². The van der Waals surface area contributed by atoms with Crippen LogP contribution in [0.15, 0.2) is 0 Å². The molecule has 0 spiro atoms. The average molecular weight is 175 g/mol. The fourth-order valence-electron chi connectivity index (χ4n) is 0.977. The van der Waals surface area contributed by atoms with Crippen LogP contribution in [0.5, 0.6) is 0 Å². The third-order valence-electron chi connectivity index (χ3n) is 2.22. The minimum atomic E-state index is 0.0654. The summed E-state index contributed by atoms with van der Waals surface area (Å²) in [6, 6.07) is 0.596. The first-order valence-electron chi connectivity index (χ1n) is 4.10. The number of nitrogens with zero attached hydrogens (tertiary/aromatic N) is 1. The van der Waals surface area contributed by atoms with Gasteiger partial charge in [0, 0.05) is 6.04 Å². The van der Waals surface area contributed by atoms with Crippen LogP contribution in [-0.2, 0) is 4.43 Å². The smallest absolute Gasteiger partial charge is 0.146 e. The summed E-state index contributed by atoms with van der Waals surface area (Å²) in [6.07, 6.45) is 1.10. The molecule has 1 unspecified atom stereocenters. The maximum Gasteiger partial charge on any atom is 0.146 e. The van der Waals surface area contributed by atoms with Crippen molar-refractivity contribution in [3.8, 4) is 0 Å². The highest BCUT2D eigenvalue weighted by atomic mass is 28.2. The van der Waals surface area contributed by atoms with Crippen molar-refractivity contribution < 1.29 is 4.43 Å². The van der Waals surface area contributed by atoms with E-state index in [4.69, 9.17) is 4.43 Å². The van der Waals surface area contributed by atoms with Gasteiger partial charge in [-0.1, -0.05) is 0 Å². The Morgan fingerprint density at radius 3 is 2.18 bits per heavy atom. The van der Waals surface area contributed by atoms with Crippen molar-refractivity contribution >= 4 is 10.5 Å². The zero-order chi connectivity index (χ0) is 9.07. The predicted molar refractivity (Wildman–Crippen MR) is 52.9 cm³/mol. The van der Waals surface area contributed by atoms with Crippen molar-refractivity contribution in [3.63, 3.8) is 0 Å². The highest BCUT2D eigenvalue weighted by Crippen LogP contribution is 2.16. The van der Waals surface area contributed by atoms with Crippen LogP contribution in [0.4, 0.5) is 0 Å². The average Bonchev–Trinajstić information content (AvgIpc) is 1.87. The van der Waals surface area contributed by atoms with Crippen molar-refractivity contribution in [2.24, 2.45) is 0 Å². The Hall–Kier alpha value is 0.137. The van der Waals surface area contributed by atoms with E-state index in [1.54, 1.807) is 0 Å². The number of rotatable bonds is 4. The van der Waals surface area contributed by atoms with E-state index in [0.717, 1.165) is 16.9 Å². The summed E-state index contributed by atoms with van der Waals surface area (Å²) in [5.74, 6) is 0. The van der Waals surface area contributed by atoms with Crippen molar-refractivity contribution in [2.75, 3.05) is 14.1 Å². The van der Waals surface area contributed by atoms with Gasteiger partial charge in [0.1, 0.15) is 10.5 Å². The van der Waals surface area contributed by atoms with Gasteiger partial charge in [0.05, 0.1) is 5.60 Å². The van der Waals surface area contributed by atoms with Crippen LogP contribution in [-0.4, -0.2) is 41.1 Å². The van der Waals surface area contributed by atoms with E-state index in [9.17, 15) is 0 Å². The SMILES string of the molecule is CC(CC(C)(C)O[SiH3])N(C)C. The van der Waals surface area contributed by atoms with Gasteiger partial charge in [0.15, 0.2) is 0 Å². The first-order valence-corrected chi connectivity index (χ1v) is 4.92. The Morgan fingerprint density at radius 1 is 1.45 bits per heavy atom. The normalized spacial score (nSPS) is 15.8. The topological polar surface area (TPSA) is 12.5 Å². The molecule has 0 aliphatic carbocycles. The van der Waals surface area contributed by atoms with Crippen LogP contribution in [0, 0.1) is 0 Å². The third-order valence-corrected chi connectivity index (χ3v) is 3.33. The molecule has 11 heavy (non-hydrogen) atoms. The second-order valence-corrected chi connectivity index (χ2v) is 4.39. The fraction of sp³-hybridized carbons (Fsp3) is 1.00. The Morgan fingerprint density at radius 2 is 1.91 bits per heavy atom. The molecule has 0 N–H and O–H groups in total. The molecule has 0 bridgehead atoms. The van der Waals surface area contributed by atoms with E-state index < -0.39 is 0 Å². The molecule has 0 amide bonds. The molecular weight excluding hydrogens is 154 g/mol. The van der Waals surface area contributed by atoms with Crippen molar-refractivity contribution in [1.29, 1.82) is 0 Å². The zero-order valence-corrected chi connectivity index (χ0v) is 10.6. The van der Waals surface area contributed by atoms with E-state index in [-0.39, 0.29) is 5.60 Å². The van der Waals surface area contributed by atoms with Crippen molar-refractivity contribution in [1.82, 2.24) is 4.90 Å². The van der Waals surface area contributed by atoms with E-state index in [1.165, 1.54) is 0 Å². The molecule has 0 rings (SSSR count). The highest BCUT2D eigenvalue weighted by Gasteiger charge is 2.20. The van der Waals surface area contributed by atoms with E-state index in [1.807, 2.05) is 0 Å². The maximum atomic E-state index is 5.47. The maximum absolute atomic E-state index is 5.47. The first-order chi connectivity index (χ1) is 4.89. The lowest BCUT2D eigenvalue weighted by molar-refractivity contribution is 0.0820. The predicted octanol–water partition coefficient (Wildman–Crippen LogP) is 0.402. The molecule has 0 fully saturated rings. The van der Waals surface area contributed by atoms with Gasteiger partial charge in [-0.25, -0.2) is 0 Å². The molecule has 0 saturated heterocycles. The Balaban J connectivity index is 3.83. The van der Waals surface area contributed by atoms with Gasteiger partial charge in [0.25, 0.3) is 0 Å². The molecule has 0 heterocycles. The van der Waals surface area contributed by atoms with Crippen LogP contribution in [0.2, 0.25) is 0 Å². The van der Waals surface area contributed by atoms with Gasteiger partial charge in [0.2, 0.25) is 0 Å². The van der Waals surface area contributed by atoms with Gasteiger partial charge >= 0.3 is 0 Å². The molecule has 0 aliphatic rings. The zero-order valence-electron chi connectivity index (χ0n) is 8.64. The standard InChI is InChI=1S/C8H21NOSi/c1-7(9(4)5)6-8(2,3)10-11/h7H,6H2,1-5,11H3. The Bertz CT molecular complexity index is 115. The molecule has 68 valence electrons. The Labute approximate surface area is 73.5 Å². The lowest BCUT2D eigenvalue weighted by atomic mass is 10.00. The summed E-state index contributed by atoms with van der Waals surface area (Å²) < 4.78 is 5.47. The summed E-state index contributed by atoms with van der Waals surface area (Å²) in [7, 11) is 5.04. The van der Waals surface area contributed by atoms with Crippen molar-refractivity contribution in [2.45, 2.75) is 38.8 Å². The summed E-state index contributed by atoms with van der Waals surface area (Å²) in [6.45, 7) is 6.53. The first kappa shape index (κ1) is 11.1. The van der Waals surface area contributed by atoms with Crippen LogP contribution < -0.4 is 0 Å². The highest BCUT2D eigenvalue weighted by molar-refractivity contribution is 5.98. The lowest BCUT2D eigenvalue weighted by Gasteiger charge is -2.30. The largest absolute Gasteiger partial charge is 0.423 e. The molecular formula is C8H21NOSi. The summed E-state index contributed by atoms with van der Waals surface area (Å²) >= 11 is 0. The quantitative estimate of drug-likeness (QED) is 0.574. The van der Waals surface area contributed by atoms with Crippen LogP contribution in [0.1, 0.15) is 27.2 Å². The molecule has 0 aromatic rings. The third kappa shape index (κ3) is 4.56. The fourth-order valence-corrected chi connectivity index (χ4v) is 1.14. The number of hydrogen-bond donors (Lipinski definition) is 0. The van der Waals surface area contributed by atoms with Gasteiger partial charge in [-0.3, -0.25) is 0 Å². The molecule has 3 heteroatoms. The van der Waals surface area contributed by atoms with Gasteiger partial charge in [-0.2, -0.15) is 0 Å². The minimum Gasteiger partial charge on any atom is -0.423 e. The van der Waals surface area contributed by atoms with Crippen LogP contribution >= 0.6 is 0 Å². The monoisotopic (exact) mass is 175 g/mol. The van der Waals surface area contributed by atoms with Crippen LogP contribution in [0.3, 0.4) is 0 Å². The van der Waals surface area contributed by atoms with Gasteiger partial charge < -0.3 is 9.33 Å². The second-order valence-electron chi connectivity index (χ2n) is 3.98. The summed E-state index contributed by atoms with van der Waals surface area (Å²) in [5.41, 5.74) is 0.0654.